The van der Waals surface area contributed by atoms with Gasteiger partial charge in [-0.25, -0.2) is 13.2 Å². The van der Waals surface area contributed by atoms with Gasteiger partial charge in [0.2, 0.25) is 0 Å². The van der Waals surface area contributed by atoms with Gasteiger partial charge in [-0.1, -0.05) is 0 Å². The van der Waals surface area contributed by atoms with Crippen LogP contribution in [0.25, 0.3) is 0 Å². The third-order valence-electron chi connectivity index (χ3n) is 3.29. The Bertz CT molecular complexity index is 670. The molecule has 118 valence electrons. The highest BCUT2D eigenvalue weighted by molar-refractivity contribution is 5.92. The van der Waals surface area contributed by atoms with E-state index < -0.39 is 36.0 Å². The van der Waals surface area contributed by atoms with Crippen LogP contribution in [0.15, 0.2) is 22.6 Å². The summed E-state index contributed by atoms with van der Waals surface area (Å²) in [6.07, 6.45) is 0. The lowest BCUT2D eigenvalue weighted by Crippen LogP contribution is -2.30. The summed E-state index contributed by atoms with van der Waals surface area (Å²) in [4.78, 5) is 12.0. The van der Waals surface area contributed by atoms with Gasteiger partial charge in [0.15, 0.2) is 23.2 Å². The molecule has 0 aliphatic heterocycles. The standard InChI is InChI=1S/C15H14F3NO3/c1-7-3-13(22-8(7)2)15(21)19-12(6-20)9-4-10(16)14(18)11(17)5-9/h3-5,12,20H,6H2,1-2H3,(H,19,21). The Labute approximate surface area is 124 Å². The third-order valence-corrected chi connectivity index (χ3v) is 3.29. The summed E-state index contributed by atoms with van der Waals surface area (Å²) in [5.41, 5.74) is 0.678. The maximum absolute atomic E-state index is 13.2. The first-order valence-electron chi connectivity index (χ1n) is 6.46. The number of halogens is 3. The average Bonchev–Trinajstić information content (AvgIpc) is 2.81. The second kappa shape index (κ2) is 6.23. The number of aliphatic hydroxyl groups excluding tert-OH is 1. The first-order valence-corrected chi connectivity index (χ1v) is 6.46. The molecule has 2 N–H and O–H groups in total. The van der Waals surface area contributed by atoms with E-state index in [4.69, 9.17) is 4.42 Å². The lowest BCUT2D eigenvalue weighted by molar-refractivity contribution is 0.0886. The molecule has 0 aliphatic rings. The van der Waals surface area contributed by atoms with Crippen molar-refractivity contribution in [3.05, 3.63) is 58.3 Å². The van der Waals surface area contributed by atoms with Crippen molar-refractivity contribution in [2.75, 3.05) is 6.61 Å². The van der Waals surface area contributed by atoms with Crippen molar-refractivity contribution >= 4 is 5.91 Å². The van der Waals surface area contributed by atoms with Gasteiger partial charge in [0.05, 0.1) is 12.6 Å². The minimum atomic E-state index is -1.61. The molecule has 1 aromatic heterocycles. The lowest BCUT2D eigenvalue weighted by Gasteiger charge is -2.16. The van der Waals surface area contributed by atoms with Gasteiger partial charge in [-0.05, 0) is 43.2 Å². The normalized spacial score (nSPS) is 12.3. The zero-order chi connectivity index (χ0) is 16.4. The van der Waals surface area contributed by atoms with Crippen LogP contribution in [0, 0.1) is 31.3 Å². The average molecular weight is 313 g/mol. The molecule has 2 rings (SSSR count). The molecule has 22 heavy (non-hydrogen) atoms. The van der Waals surface area contributed by atoms with Crippen LogP contribution in [0.2, 0.25) is 0 Å². The maximum Gasteiger partial charge on any atom is 0.287 e. The van der Waals surface area contributed by atoms with E-state index in [0.29, 0.717) is 5.76 Å². The molecule has 1 amide bonds. The molecule has 0 saturated heterocycles. The molecule has 7 heteroatoms. The number of carbonyl (C=O) groups excluding carboxylic acids is 1. The third kappa shape index (κ3) is 3.14. The number of amides is 1. The van der Waals surface area contributed by atoms with Crippen molar-refractivity contribution in [1.29, 1.82) is 0 Å². The van der Waals surface area contributed by atoms with Crippen LogP contribution in [0.5, 0.6) is 0 Å². The highest BCUT2D eigenvalue weighted by Crippen LogP contribution is 2.20. The molecule has 4 nitrogen and oxygen atoms in total. The summed E-state index contributed by atoms with van der Waals surface area (Å²) in [6.45, 7) is 2.82. The van der Waals surface area contributed by atoms with Crippen molar-refractivity contribution < 1.29 is 27.5 Å². The fourth-order valence-corrected chi connectivity index (χ4v) is 1.93. The number of carbonyl (C=O) groups is 1. The van der Waals surface area contributed by atoms with E-state index >= 15 is 0 Å². The number of rotatable bonds is 4. The highest BCUT2D eigenvalue weighted by atomic mass is 19.2. The van der Waals surface area contributed by atoms with E-state index in [1.165, 1.54) is 6.07 Å². The fourth-order valence-electron chi connectivity index (χ4n) is 1.93. The Morgan fingerprint density at radius 1 is 1.23 bits per heavy atom. The molecular formula is C15H14F3NO3. The van der Waals surface area contributed by atoms with Gasteiger partial charge >= 0.3 is 0 Å². The molecule has 1 atom stereocenters. The molecule has 0 aliphatic carbocycles. The Balaban J connectivity index is 2.24. The SMILES string of the molecule is Cc1cc(C(=O)NC(CO)c2cc(F)c(F)c(F)c2)oc1C. The number of hydrogen-bond acceptors (Lipinski definition) is 3. The van der Waals surface area contributed by atoms with Gasteiger partial charge in [0.1, 0.15) is 5.76 Å². The first kappa shape index (κ1) is 16.1. The van der Waals surface area contributed by atoms with E-state index in [9.17, 15) is 23.1 Å². The molecule has 0 bridgehead atoms. The maximum atomic E-state index is 13.2. The van der Waals surface area contributed by atoms with Gasteiger partial charge in [-0.2, -0.15) is 0 Å². The van der Waals surface area contributed by atoms with E-state index in [2.05, 4.69) is 5.32 Å². The van der Waals surface area contributed by atoms with E-state index in [1.807, 2.05) is 0 Å². The van der Waals surface area contributed by atoms with Crippen LogP contribution in [-0.2, 0) is 0 Å². The second-order valence-corrected chi connectivity index (χ2v) is 4.86. The Morgan fingerprint density at radius 3 is 2.27 bits per heavy atom. The van der Waals surface area contributed by atoms with Crippen molar-refractivity contribution in [3.8, 4) is 0 Å². The number of benzene rings is 1. The van der Waals surface area contributed by atoms with Crippen LogP contribution in [0.1, 0.15) is 33.5 Å². The zero-order valence-corrected chi connectivity index (χ0v) is 11.9. The number of aliphatic hydroxyl groups is 1. The quantitative estimate of drug-likeness (QED) is 0.853. The molecule has 0 fully saturated rings. The Morgan fingerprint density at radius 2 is 1.82 bits per heavy atom. The summed E-state index contributed by atoms with van der Waals surface area (Å²) < 4.78 is 44.6. The van der Waals surface area contributed by atoms with E-state index in [1.54, 1.807) is 13.8 Å². The Kier molecular flexibility index (Phi) is 4.56. The van der Waals surface area contributed by atoms with Gasteiger partial charge in [-0.15, -0.1) is 0 Å². The topological polar surface area (TPSA) is 62.5 Å². The van der Waals surface area contributed by atoms with Crippen molar-refractivity contribution in [2.24, 2.45) is 0 Å². The molecule has 1 aromatic carbocycles. The zero-order valence-electron chi connectivity index (χ0n) is 11.9. The van der Waals surface area contributed by atoms with Crippen LogP contribution in [-0.4, -0.2) is 17.6 Å². The number of aryl methyl sites for hydroxylation is 2. The van der Waals surface area contributed by atoms with Crippen molar-refractivity contribution in [1.82, 2.24) is 5.32 Å². The predicted octanol–water partition coefficient (Wildman–Crippen LogP) is 2.78. The summed E-state index contributed by atoms with van der Waals surface area (Å²) >= 11 is 0. The smallest absolute Gasteiger partial charge is 0.287 e. The molecule has 2 aromatic rings. The molecule has 1 unspecified atom stereocenters. The summed E-state index contributed by atoms with van der Waals surface area (Å²) in [7, 11) is 0. The largest absolute Gasteiger partial charge is 0.456 e. The summed E-state index contributed by atoms with van der Waals surface area (Å²) in [5, 5.41) is 11.7. The molecule has 0 radical (unpaired) electrons. The number of nitrogens with one attached hydrogen (secondary N) is 1. The van der Waals surface area contributed by atoms with Crippen LogP contribution in [0.4, 0.5) is 13.2 Å². The summed E-state index contributed by atoms with van der Waals surface area (Å²) in [5.74, 6) is -4.48. The highest BCUT2D eigenvalue weighted by Gasteiger charge is 2.21. The van der Waals surface area contributed by atoms with E-state index in [0.717, 1.165) is 17.7 Å². The first-order chi connectivity index (χ1) is 10.3. The second-order valence-electron chi connectivity index (χ2n) is 4.86. The Hall–Kier alpha value is -2.28. The van der Waals surface area contributed by atoms with Gasteiger partial charge in [0.25, 0.3) is 5.91 Å². The monoisotopic (exact) mass is 313 g/mol. The number of furan rings is 1. The van der Waals surface area contributed by atoms with Gasteiger partial charge in [0, 0.05) is 0 Å². The predicted molar refractivity (Wildman–Crippen MR) is 71.8 cm³/mol. The summed E-state index contributed by atoms with van der Waals surface area (Å²) in [6, 6.07) is 1.85. The van der Waals surface area contributed by atoms with Gasteiger partial charge < -0.3 is 14.8 Å². The fraction of sp³-hybridized carbons (Fsp3) is 0.267. The molecule has 0 spiro atoms. The van der Waals surface area contributed by atoms with Gasteiger partial charge in [-0.3, -0.25) is 4.79 Å². The van der Waals surface area contributed by atoms with E-state index in [-0.39, 0.29) is 11.3 Å². The molecule has 1 heterocycles. The number of hydrogen-bond donors (Lipinski definition) is 2. The molecule has 0 saturated carbocycles. The van der Waals surface area contributed by atoms with Crippen LogP contribution in [0.3, 0.4) is 0 Å². The minimum absolute atomic E-state index is 0.0107. The minimum Gasteiger partial charge on any atom is -0.456 e. The van der Waals surface area contributed by atoms with Crippen LogP contribution >= 0.6 is 0 Å². The van der Waals surface area contributed by atoms with Crippen LogP contribution < -0.4 is 5.32 Å². The lowest BCUT2D eigenvalue weighted by atomic mass is 10.1. The van der Waals surface area contributed by atoms with Crippen molar-refractivity contribution in [3.63, 3.8) is 0 Å². The molecular weight excluding hydrogens is 299 g/mol. The van der Waals surface area contributed by atoms with Crippen molar-refractivity contribution in [2.45, 2.75) is 19.9 Å².